The molecule has 0 heterocycles. The van der Waals surface area contributed by atoms with Gasteiger partial charge in [0.2, 0.25) is 0 Å². The number of carbonyl (C=O) groups is 2. The normalized spacial score (nSPS) is 28.5. The zero-order valence-electron chi connectivity index (χ0n) is 11.5. The number of carboxylic acids is 1. The van der Waals surface area contributed by atoms with Gasteiger partial charge in [0.25, 0.3) is 0 Å². The molecular weight excluding hydrogens is 244 g/mol. The van der Waals surface area contributed by atoms with E-state index in [1.807, 2.05) is 0 Å². The SMILES string of the molecule is CC1CCC(NC(=O)NC(CC(=O)O)C2CC2)CC1. The minimum Gasteiger partial charge on any atom is -0.481 e. The Balaban J connectivity index is 1.74. The second kappa shape index (κ2) is 6.26. The van der Waals surface area contributed by atoms with Crippen LogP contribution >= 0.6 is 0 Å². The lowest BCUT2D eigenvalue weighted by Crippen LogP contribution is -2.48. The summed E-state index contributed by atoms with van der Waals surface area (Å²) < 4.78 is 0. The van der Waals surface area contributed by atoms with E-state index >= 15 is 0 Å². The van der Waals surface area contributed by atoms with Gasteiger partial charge in [-0.1, -0.05) is 6.92 Å². The number of aliphatic carboxylic acids is 1. The molecule has 3 N–H and O–H groups in total. The van der Waals surface area contributed by atoms with E-state index in [0.717, 1.165) is 44.4 Å². The van der Waals surface area contributed by atoms with Gasteiger partial charge in [-0.2, -0.15) is 0 Å². The van der Waals surface area contributed by atoms with Crippen LogP contribution in [0.4, 0.5) is 4.79 Å². The third-order valence-corrected chi connectivity index (χ3v) is 4.25. The van der Waals surface area contributed by atoms with Crippen molar-refractivity contribution in [2.24, 2.45) is 11.8 Å². The van der Waals surface area contributed by atoms with Crippen molar-refractivity contribution in [1.82, 2.24) is 10.6 Å². The Morgan fingerprint density at radius 3 is 2.32 bits per heavy atom. The van der Waals surface area contributed by atoms with Crippen LogP contribution in [-0.2, 0) is 4.79 Å². The van der Waals surface area contributed by atoms with E-state index in [0.29, 0.717) is 5.92 Å². The molecule has 5 heteroatoms. The number of hydrogen-bond donors (Lipinski definition) is 3. The highest BCUT2D eigenvalue weighted by molar-refractivity contribution is 5.76. The van der Waals surface area contributed by atoms with E-state index in [2.05, 4.69) is 17.6 Å². The van der Waals surface area contributed by atoms with Crippen molar-refractivity contribution in [2.75, 3.05) is 0 Å². The van der Waals surface area contributed by atoms with Gasteiger partial charge in [-0.25, -0.2) is 4.79 Å². The molecule has 108 valence electrons. The summed E-state index contributed by atoms with van der Waals surface area (Å²) in [5.41, 5.74) is 0. The monoisotopic (exact) mass is 268 g/mol. The van der Waals surface area contributed by atoms with Crippen LogP contribution in [0.15, 0.2) is 0 Å². The van der Waals surface area contributed by atoms with Crippen molar-refractivity contribution in [3.63, 3.8) is 0 Å². The molecule has 0 aromatic carbocycles. The summed E-state index contributed by atoms with van der Waals surface area (Å²) in [7, 11) is 0. The third-order valence-electron chi connectivity index (χ3n) is 4.25. The molecule has 0 spiro atoms. The lowest BCUT2D eigenvalue weighted by molar-refractivity contribution is -0.137. The number of hydrogen-bond acceptors (Lipinski definition) is 2. The van der Waals surface area contributed by atoms with E-state index in [-0.39, 0.29) is 24.5 Å². The Bertz CT molecular complexity index is 334. The standard InChI is InChI=1S/C14H24N2O3/c1-9-2-6-11(7-3-9)15-14(19)16-12(8-13(17)18)10-4-5-10/h9-12H,2-8H2,1H3,(H,17,18)(H2,15,16,19). The fourth-order valence-corrected chi connectivity index (χ4v) is 2.82. The van der Waals surface area contributed by atoms with Gasteiger partial charge in [-0.15, -0.1) is 0 Å². The number of amides is 2. The van der Waals surface area contributed by atoms with E-state index in [9.17, 15) is 9.59 Å². The van der Waals surface area contributed by atoms with Crippen molar-refractivity contribution in [3.05, 3.63) is 0 Å². The summed E-state index contributed by atoms with van der Waals surface area (Å²) in [4.78, 5) is 22.7. The van der Waals surface area contributed by atoms with Crippen LogP contribution in [0.1, 0.15) is 51.9 Å². The number of carboxylic acid groups (broad SMARTS) is 1. The Morgan fingerprint density at radius 1 is 1.16 bits per heavy atom. The lowest BCUT2D eigenvalue weighted by Gasteiger charge is -2.27. The predicted molar refractivity (Wildman–Crippen MR) is 71.9 cm³/mol. The third kappa shape index (κ3) is 4.73. The largest absolute Gasteiger partial charge is 0.481 e. The summed E-state index contributed by atoms with van der Waals surface area (Å²) in [5.74, 6) is 0.268. The first-order valence-corrected chi connectivity index (χ1v) is 7.33. The number of nitrogens with one attached hydrogen (secondary N) is 2. The van der Waals surface area contributed by atoms with Gasteiger partial charge < -0.3 is 15.7 Å². The highest BCUT2D eigenvalue weighted by Crippen LogP contribution is 2.34. The molecule has 0 aromatic rings. The molecule has 5 nitrogen and oxygen atoms in total. The van der Waals surface area contributed by atoms with Crippen LogP contribution in [0.3, 0.4) is 0 Å². The Kier molecular flexibility index (Phi) is 4.66. The van der Waals surface area contributed by atoms with Crippen LogP contribution in [0, 0.1) is 11.8 Å². The highest BCUT2D eigenvalue weighted by atomic mass is 16.4. The molecule has 19 heavy (non-hydrogen) atoms. The molecule has 0 radical (unpaired) electrons. The molecule has 0 saturated heterocycles. The van der Waals surface area contributed by atoms with E-state index in [1.165, 1.54) is 0 Å². The molecule has 2 fully saturated rings. The van der Waals surface area contributed by atoms with Crippen LogP contribution in [-0.4, -0.2) is 29.2 Å². The predicted octanol–water partition coefficient (Wildman–Crippen LogP) is 2.12. The number of carbonyl (C=O) groups excluding carboxylic acids is 1. The fraction of sp³-hybridized carbons (Fsp3) is 0.857. The van der Waals surface area contributed by atoms with Crippen LogP contribution in [0.5, 0.6) is 0 Å². The molecule has 2 rings (SSSR count). The fourth-order valence-electron chi connectivity index (χ4n) is 2.82. The lowest BCUT2D eigenvalue weighted by atomic mass is 9.87. The maximum Gasteiger partial charge on any atom is 0.315 e. The summed E-state index contributed by atoms with van der Waals surface area (Å²) in [5, 5.41) is 14.7. The summed E-state index contributed by atoms with van der Waals surface area (Å²) in [6.45, 7) is 2.24. The first kappa shape index (κ1) is 14.2. The first-order chi connectivity index (χ1) is 9.04. The number of rotatable bonds is 5. The van der Waals surface area contributed by atoms with Crippen LogP contribution in [0.2, 0.25) is 0 Å². The number of urea groups is 1. The smallest absolute Gasteiger partial charge is 0.315 e. The second-order valence-electron chi connectivity index (χ2n) is 6.12. The van der Waals surface area contributed by atoms with Crippen molar-refractivity contribution in [2.45, 2.75) is 64.0 Å². The first-order valence-electron chi connectivity index (χ1n) is 7.33. The van der Waals surface area contributed by atoms with Gasteiger partial charge in [0.15, 0.2) is 0 Å². The van der Waals surface area contributed by atoms with Crippen LogP contribution in [0.25, 0.3) is 0 Å². The van der Waals surface area contributed by atoms with Gasteiger partial charge in [-0.05, 0) is 50.4 Å². The summed E-state index contributed by atoms with van der Waals surface area (Å²) in [6, 6.07) is -0.154. The maximum absolute atomic E-state index is 11.9. The van der Waals surface area contributed by atoms with E-state index < -0.39 is 5.97 Å². The second-order valence-corrected chi connectivity index (χ2v) is 6.12. The average Bonchev–Trinajstić information content (AvgIpc) is 3.14. The molecule has 0 bridgehead atoms. The molecule has 0 aromatic heterocycles. The Morgan fingerprint density at radius 2 is 1.79 bits per heavy atom. The summed E-state index contributed by atoms with van der Waals surface area (Å²) >= 11 is 0. The Labute approximate surface area is 114 Å². The van der Waals surface area contributed by atoms with Crippen molar-refractivity contribution >= 4 is 12.0 Å². The van der Waals surface area contributed by atoms with Crippen LogP contribution < -0.4 is 10.6 Å². The average molecular weight is 268 g/mol. The minimum absolute atomic E-state index is 0.0276. The molecule has 2 amide bonds. The zero-order chi connectivity index (χ0) is 13.8. The molecule has 1 atom stereocenters. The van der Waals surface area contributed by atoms with E-state index in [1.54, 1.807) is 0 Å². The molecule has 2 aliphatic rings. The molecule has 0 aliphatic heterocycles. The molecule has 2 saturated carbocycles. The van der Waals surface area contributed by atoms with Gasteiger partial charge in [-0.3, -0.25) is 4.79 Å². The quantitative estimate of drug-likeness (QED) is 0.714. The molecule has 1 unspecified atom stereocenters. The summed E-state index contributed by atoms with van der Waals surface area (Å²) in [6.07, 6.45) is 6.46. The van der Waals surface area contributed by atoms with Gasteiger partial charge in [0.1, 0.15) is 0 Å². The molecule has 2 aliphatic carbocycles. The van der Waals surface area contributed by atoms with Crippen molar-refractivity contribution < 1.29 is 14.7 Å². The Hall–Kier alpha value is -1.26. The van der Waals surface area contributed by atoms with Gasteiger partial charge >= 0.3 is 12.0 Å². The highest BCUT2D eigenvalue weighted by Gasteiger charge is 2.34. The van der Waals surface area contributed by atoms with Crippen molar-refractivity contribution in [1.29, 1.82) is 0 Å². The molecular formula is C14H24N2O3. The van der Waals surface area contributed by atoms with Crippen molar-refractivity contribution in [3.8, 4) is 0 Å². The van der Waals surface area contributed by atoms with Gasteiger partial charge in [0, 0.05) is 12.1 Å². The van der Waals surface area contributed by atoms with E-state index in [4.69, 9.17) is 5.11 Å². The zero-order valence-corrected chi connectivity index (χ0v) is 11.5. The minimum atomic E-state index is -0.844. The van der Waals surface area contributed by atoms with Gasteiger partial charge in [0.05, 0.1) is 6.42 Å². The topological polar surface area (TPSA) is 78.4 Å². The maximum atomic E-state index is 11.9.